The van der Waals surface area contributed by atoms with Gasteiger partial charge in [0.2, 0.25) is 0 Å². The molecular formula is C30H31N3O6S. The minimum absolute atomic E-state index is 0.169. The summed E-state index contributed by atoms with van der Waals surface area (Å²) >= 11 is 1.15. The van der Waals surface area contributed by atoms with E-state index in [4.69, 9.17) is 14.2 Å². The van der Waals surface area contributed by atoms with Crippen molar-refractivity contribution in [3.05, 3.63) is 84.5 Å². The third-order valence-corrected chi connectivity index (χ3v) is 7.95. The highest BCUT2D eigenvalue weighted by atomic mass is 32.1. The Balaban J connectivity index is 1.80. The molecular weight excluding hydrogens is 530 g/mol. The number of amides is 1. The number of hydrogen-bond donors (Lipinski definition) is 0. The molecule has 10 heteroatoms. The van der Waals surface area contributed by atoms with Gasteiger partial charge in [-0.2, -0.15) is 0 Å². The van der Waals surface area contributed by atoms with Gasteiger partial charge in [-0.15, -0.1) is 0 Å². The number of para-hydroxylation sites is 1. The molecule has 0 aliphatic carbocycles. The first-order chi connectivity index (χ1) is 19.4. The average Bonchev–Trinajstić information content (AvgIpc) is 3.41. The van der Waals surface area contributed by atoms with Crippen LogP contribution in [0.5, 0.6) is 11.5 Å². The molecule has 1 amide bonds. The van der Waals surface area contributed by atoms with E-state index in [1.54, 1.807) is 36.9 Å². The molecule has 1 atom stereocenters. The molecule has 3 heterocycles. The van der Waals surface area contributed by atoms with Crippen LogP contribution in [0.2, 0.25) is 0 Å². The van der Waals surface area contributed by atoms with Gasteiger partial charge in [0, 0.05) is 12.1 Å². The lowest BCUT2D eigenvalue weighted by Gasteiger charge is -2.25. The fourth-order valence-electron chi connectivity index (χ4n) is 5.23. The smallest absolute Gasteiger partial charge is 0.338 e. The van der Waals surface area contributed by atoms with E-state index in [0.717, 1.165) is 23.4 Å². The second-order valence-electron chi connectivity index (χ2n) is 9.32. The van der Waals surface area contributed by atoms with Crippen LogP contribution in [-0.4, -0.2) is 43.3 Å². The molecule has 40 heavy (non-hydrogen) atoms. The molecule has 3 aromatic rings. The van der Waals surface area contributed by atoms with E-state index in [9.17, 15) is 14.4 Å². The lowest BCUT2D eigenvalue weighted by molar-refractivity contribution is -0.139. The molecule has 2 aliphatic rings. The number of esters is 1. The number of thiazole rings is 1. The largest absolute Gasteiger partial charge is 0.493 e. The molecule has 1 aromatic heterocycles. The lowest BCUT2D eigenvalue weighted by Crippen LogP contribution is -2.41. The van der Waals surface area contributed by atoms with E-state index in [2.05, 4.69) is 4.99 Å². The van der Waals surface area contributed by atoms with Gasteiger partial charge in [-0.25, -0.2) is 9.79 Å². The van der Waals surface area contributed by atoms with Crippen LogP contribution in [0.3, 0.4) is 0 Å². The van der Waals surface area contributed by atoms with E-state index in [-0.39, 0.29) is 22.6 Å². The minimum atomic E-state index is -0.840. The van der Waals surface area contributed by atoms with Crippen molar-refractivity contribution in [1.82, 2.24) is 4.57 Å². The van der Waals surface area contributed by atoms with Crippen LogP contribution in [-0.2, 0) is 14.3 Å². The summed E-state index contributed by atoms with van der Waals surface area (Å²) in [6, 6.07) is 12.0. The molecule has 0 bridgehead atoms. The predicted octanol–water partition coefficient (Wildman–Crippen LogP) is 3.33. The Bertz CT molecular complexity index is 1720. The Labute approximate surface area is 235 Å². The zero-order chi connectivity index (χ0) is 28.6. The number of nitrogens with zero attached hydrogens (tertiary/aromatic N) is 3. The highest BCUT2D eigenvalue weighted by Crippen LogP contribution is 2.37. The van der Waals surface area contributed by atoms with Crippen molar-refractivity contribution in [2.24, 2.45) is 4.99 Å². The molecule has 0 spiro atoms. The molecule has 5 rings (SSSR count). The van der Waals surface area contributed by atoms with Crippen molar-refractivity contribution in [1.29, 1.82) is 0 Å². The number of anilines is 1. The zero-order valence-electron chi connectivity index (χ0n) is 23.1. The Morgan fingerprint density at radius 1 is 1.05 bits per heavy atom. The van der Waals surface area contributed by atoms with E-state index in [1.165, 1.54) is 11.7 Å². The van der Waals surface area contributed by atoms with Gasteiger partial charge in [-0.05, 0) is 51.0 Å². The molecule has 2 aliphatic heterocycles. The Morgan fingerprint density at radius 2 is 1.82 bits per heavy atom. The van der Waals surface area contributed by atoms with Crippen molar-refractivity contribution < 1.29 is 23.8 Å². The maximum absolute atomic E-state index is 14.3. The van der Waals surface area contributed by atoms with Crippen molar-refractivity contribution >= 4 is 34.5 Å². The standard InChI is InChI=1S/C30H31N3O6S/c1-6-15-32-20-12-10-9-11-19(20)24(27(32)34)26-28(35)33-25(18-13-14-21(38-7-2)22(16-18)37-5)23(29(36)39-8-3)17(4)31-30(33)40-26/h9-14,16,25H,6-8,15H2,1-5H3/b26-24-. The second-order valence-corrected chi connectivity index (χ2v) is 10.3. The SMILES string of the molecule is CCCN1C(=O)/C(=c2\sc3n(c2=O)C(c2ccc(OCC)c(OC)c2)C(C(=O)OCC)=C(C)N=3)c2ccccc21. The Kier molecular flexibility index (Phi) is 7.62. The molecule has 0 N–H and O–H groups in total. The number of aromatic nitrogens is 1. The second kappa shape index (κ2) is 11.1. The Morgan fingerprint density at radius 3 is 2.52 bits per heavy atom. The minimum Gasteiger partial charge on any atom is -0.493 e. The fourth-order valence-corrected chi connectivity index (χ4v) is 6.37. The first kappa shape index (κ1) is 27.4. The summed E-state index contributed by atoms with van der Waals surface area (Å²) in [5, 5.41) is 0. The predicted molar refractivity (Wildman–Crippen MR) is 153 cm³/mol. The van der Waals surface area contributed by atoms with Crippen molar-refractivity contribution in [3.63, 3.8) is 0 Å². The average molecular weight is 562 g/mol. The monoisotopic (exact) mass is 561 g/mol. The third-order valence-electron chi connectivity index (χ3n) is 6.89. The zero-order valence-corrected chi connectivity index (χ0v) is 24.0. The van der Waals surface area contributed by atoms with Crippen LogP contribution < -0.4 is 29.3 Å². The highest BCUT2D eigenvalue weighted by molar-refractivity contribution is 7.07. The molecule has 208 valence electrons. The molecule has 0 saturated heterocycles. The number of ether oxygens (including phenoxy) is 3. The molecule has 0 radical (unpaired) electrons. The maximum Gasteiger partial charge on any atom is 0.338 e. The van der Waals surface area contributed by atoms with Crippen LogP contribution in [0.15, 0.2) is 63.5 Å². The molecule has 0 fully saturated rings. The first-order valence-electron chi connectivity index (χ1n) is 13.3. The number of rotatable bonds is 8. The topological polar surface area (TPSA) is 99.4 Å². The van der Waals surface area contributed by atoms with Gasteiger partial charge in [0.15, 0.2) is 16.3 Å². The number of allylic oxidation sites excluding steroid dienone is 1. The number of methoxy groups -OCH3 is 1. The molecule has 9 nitrogen and oxygen atoms in total. The van der Waals surface area contributed by atoms with Gasteiger partial charge in [0.25, 0.3) is 11.5 Å². The van der Waals surface area contributed by atoms with E-state index >= 15 is 0 Å². The van der Waals surface area contributed by atoms with Gasteiger partial charge < -0.3 is 19.1 Å². The number of hydrogen-bond acceptors (Lipinski definition) is 8. The number of benzene rings is 2. The van der Waals surface area contributed by atoms with E-state index < -0.39 is 17.6 Å². The maximum atomic E-state index is 14.3. The van der Waals surface area contributed by atoms with E-state index in [0.29, 0.717) is 51.8 Å². The van der Waals surface area contributed by atoms with E-state index in [1.807, 2.05) is 38.1 Å². The quantitative estimate of drug-likeness (QED) is 0.391. The van der Waals surface area contributed by atoms with Gasteiger partial charge in [-0.1, -0.05) is 42.5 Å². The van der Waals surface area contributed by atoms with Gasteiger partial charge in [0.05, 0.1) is 48.9 Å². The van der Waals surface area contributed by atoms with Crippen molar-refractivity contribution in [2.45, 2.75) is 40.2 Å². The number of carbonyl (C=O) groups excluding carboxylic acids is 2. The first-order valence-corrected chi connectivity index (χ1v) is 14.1. The van der Waals surface area contributed by atoms with Crippen LogP contribution in [0, 0.1) is 0 Å². The molecule has 2 aromatic carbocycles. The summed E-state index contributed by atoms with van der Waals surface area (Å²) in [5.74, 6) is 0.244. The molecule has 0 saturated carbocycles. The third kappa shape index (κ3) is 4.42. The van der Waals surface area contributed by atoms with Gasteiger partial charge >= 0.3 is 5.97 Å². The summed E-state index contributed by atoms with van der Waals surface area (Å²) in [6.45, 7) is 8.50. The van der Waals surface area contributed by atoms with Crippen LogP contribution >= 0.6 is 11.3 Å². The van der Waals surface area contributed by atoms with Crippen LogP contribution in [0.4, 0.5) is 5.69 Å². The fraction of sp³-hybridized carbons (Fsp3) is 0.333. The highest BCUT2D eigenvalue weighted by Gasteiger charge is 2.37. The Hall–Kier alpha value is -4.18. The van der Waals surface area contributed by atoms with Crippen molar-refractivity contribution in [2.75, 3.05) is 31.8 Å². The van der Waals surface area contributed by atoms with Crippen molar-refractivity contribution in [3.8, 4) is 11.5 Å². The van der Waals surface area contributed by atoms with Crippen LogP contribution in [0.25, 0.3) is 5.57 Å². The summed E-state index contributed by atoms with van der Waals surface area (Å²) < 4.78 is 18.4. The lowest BCUT2D eigenvalue weighted by atomic mass is 9.95. The summed E-state index contributed by atoms with van der Waals surface area (Å²) in [7, 11) is 1.54. The normalized spacial score (nSPS) is 17.4. The summed E-state index contributed by atoms with van der Waals surface area (Å²) in [4.78, 5) is 47.9. The van der Waals surface area contributed by atoms with Gasteiger partial charge in [-0.3, -0.25) is 14.2 Å². The number of fused-ring (bicyclic) bond motifs is 2. The summed E-state index contributed by atoms with van der Waals surface area (Å²) in [6.07, 6.45) is 0.774. The van der Waals surface area contributed by atoms with Crippen LogP contribution in [0.1, 0.15) is 51.3 Å². The molecule has 1 unspecified atom stereocenters. The summed E-state index contributed by atoms with van der Waals surface area (Å²) in [5.41, 5.74) is 2.78. The van der Waals surface area contributed by atoms with Gasteiger partial charge in [0.1, 0.15) is 4.53 Å². The number of carbonyl (C=O) groups is 2.